The van der Waals surface area contributed by atoms with Gasteiger partial charge in [0, 0.05) is 5.92 Å². The topological polar surface area (TPSA) is 38.4 Å². The van der Waals surface area contributed by atoms with Gasteiger partial charge in [0.15, 0.2) is 0 Å². The first-order valence-corrected chi connectivity index (χ1v) is 4.50. The summed E-state index contributed by atoms with van der Waals surface area (Å²) < 4.78 is 0. The standard InChI is InChI=1S/C11H16N2/c1-8(2)11(12)13-10-6-4-5-9(3)7-10/h4-8H,1-3H3,(H2,12,13). The van der Waals surface area contributed by atoms with Crippen LogP contribution in [-0.4, -0.2) is 5.84 Å². The number of hydrogen-bond acceptors (Lipinski definition) is 1. The Bertz CT molecular complexity index is 314. The Labute approximate surface area is 79.5 Å². The van der Waals surface area contributed by atoms with E-state index in [1.54, 1.807) is 0 Å². The molecule has 0 spiro atoms. The Balaban J connectivity index is 2.91. The normalized spacial score (nSPS) is 12.2. The highest BCUT2D eigenvalue weighted by Gasteiger charge is 1.98. The third-order valence-corrected chi connectivity index (χ3v) is 1.85. The average Bonchev–Trinajstić information content (AvgIpc) is 2.04. The van der Waals surface area contributed by atoms with Crippen molar-refractivity contribution < 1.29 is 0 Å². The highest BCUT2D eigenvalue weighted by Crippen LogP contribution is 2.14. The molecule has 0 fully saturated rings. The molecule has 0 atom stereocenters. The molecule has 0 unspecified atom stereocenters. The number of amidine groups is 1. The molecule has 0 amide bonds. The quantitative estimate of drug-likeness (QED) is 0.546. The van der Waals surface area contributed by atoms with Crippen molar-refractivity contribution >= 4 is 11.5 Å². The van der Waals surface area contributed by atoms with E-state index >= 15 is 0 Å². The minimum atomic E-state index is 0.306. The fourth-order valence-corrected chi connectivity index (χ4v) is 0.976. The number of nitrogens with two attached hydrogens (primary N) is 1. The smallest absolute Gasteiger partial charge is 0.102 e. The number of aryl methyl sites for hydroxylation is 1. The van der Waals surface area contributed by atoms with E-state index in [1.165, 1.54) is 5.56 Å². The van der Waals surface area contributed by atoms with Gasteiger partial charge in [-0.05, 0) is 24.6 Å². The van der Waals surface area contributed by atoms with Gasteiger partial charge in [0.2, 0.25) is 0 Å². The first-order chi connectivity index (χ1) is 6.09. The number of aliphatic imine (C=N–C) groups is 1. The highest BCUT2D eigenvalue weighted by molar-refractivity contribution is 5.84. The summed E-state index contributed by atoms with van der Waals surface area (Å²) in [7, 11) is 0. The van der Waals surface area contributed by atoms with Gasteiger partial charge in [-0.3, -0.25) is 0 Å². The van der Waals surface area contributed by atoms with E-state index < -0.39 is 0 Å². The Kier molecular flexibility index (Phi) is 3.07. The largest absolute Gasteiger partial charge is 0.387 e. The van der Waals surface area contributed by atoms with E-state index in [2.05, 4.69) is 4.99 Å². The minimum Gasteiger partial charge on any atom is -0.387 e. The van der Waals surface area contributed by atoms with Gasteiger partial charge in [-0.1, -0.05) is 26.0 Å². The third-order valence-electron chi connectivity index (χ3n) is 1.85. The van der Waals surface area contributed by atoms with Crippen LogP contribution in [0.3, 0.4) is 0 Å². The lowest BCUT2D eigenvalue weighted by molar-refractivity contribution is 0.873. The van der Waals surface area contributed by atoms with Crippen LogP contribution in [0.15, 0.2) is 29.3 Å². The molecule has 0 aliphatic rings. The van der Waals surface area contributed by atoms with E-state index in [4.69, 9.17) is 5.73 Å². The van der Waals surface area contributed by atoms with Gasteiger partial charge in [-0.15, -0.1) is 0 Å². The number of hydrogen-bond donors (Lipinski definition) is 1. The zero-order chi connectivity index (χ0) is 9.84. The van der Waals surface area contributed by atoms with Crippen LogP contribution in [0.4, 0.5) is 5.69 Å². The van der Waals surface area contributed by atoms with Gasteiger partial charge in [0.05, 0.1) is 5.69 Å². The van der Waals surface area contributed by atoms with Crippen molar-refractivity contribution in [2.45, 2.75) is 20.8 Å². The van der Waals surface area contributed by atoms with Crippen LogP contribution in [0.5, 0.6) is 0 Å². The zero-order valence-corrected chi connectivity index (χ0v) is 8.41. The fourth-order valence-electron chi connectivity index (χ4n) is 0.976. The summed E-state index contributed by atoms with van der Waals surface area (Å²) in [5.41, 5.74) is 7.89. The van der Waals surface area contributed by atoms with E-state index in [9.17, 15) is 0 Å². The molecule has 1 rings (SSSR count). The summed E-state index contributed by atoms with van der Waals surface area (Å²) in [6.07, 6.45) is 0. The van der Waals surface area contributed by atoms with Crippen molar-refractivity contribution in [2.75, 3.05) is 0 Å². The molecule has 0 aliphatic carbocycles. The Morgan fingerprint density at radius 3 is 2.62 bits per heavy atom. The molecule has 0 bridgehead atoms. The molecule has 13 heavy (non-hydrogen) atoms. The molecule has 0 aliphatic heterocycles. The number of rotatable bonds is 2. The highest BCUT2D eigenvalue weighted by atomic mass is 14.9. The van der Waals surface area contributed by atoms with Crippen LogP contribution in [-0.2, 0) is 0 Å². The Hall–Kier alpha value is -1.31. The van der Waals surface area contributed by atoms with E-state index in [1.807, 2.05) is 45.0 Å². The first kappa shape index (κ1) is 9.78. The van der Waals surface area contributed by atoms with Crippen molar-refractivity contribution in [3.63, 3.8) is 0 Å². The number of benzene rings is 1. The van der Waals surface area contributed by atoms with Gasteiger partial charge in [-0.2, -0.15) is 0 Å². The summed E-state index contributed by atoms with van der Waals surface area (Å²) in [5.74, 6) is 0.992. The maximum absolute atomic E-state index is 5.75. The van der Waals surface area contributed by atoms with E-state index in [0.29, 0.717) is 11.8 Å². The van der Waals surface area contributed by atoms with Crippen LogP contribution in [0.25, 0.3) is 0 Å². The van der Waals surface area contributed by atoms with Crippen LogP contribution >= 0.6 is 0 Å². The van der Waals surface area contributed by atoms with Crippen molar-refractivity contribution in [1.82, 2.24) is 0 Å². The average molecular weight is 176 g/mol. The lowest BCUT2D eigenvalue weighted by atomic mass is 10.2. The summed E-state index contributed by atoms with van der Waals surface area (Å²) in [4.78, 5) is 4.31. The summed E-state index contributed by atoms with van der Waals surface area (Å²) in [6, 6.07) is 8.02. The zero-order valence-electron chi connectivity index (χ0n) is 8.41. The van der Waals surface area contributed by atoms with Gasteiger partial charge < -0.3 is 5.73 Å². The molecule has 2 heteroatoms. The third kappa shape index (κ3) is 2.90. The van der Waals surface area contributed by atoms with Crippen molar-refractivity contribution in [2.24, 2.45) is 16.6 Å². The predicted octanol–water partition coefficient (Wildman–Crippen LogP) is 2.64. The second-order valence-electron chi connectivity index (χ2n) is 3.53. The molecule has 0 saturated heterocycles. The predicted molar refractivity (Wildman–Crippen MR) is 57.3 cm³/mol. The van der Waals surface area contributed by atoms with Gasteiger partial charge in [0.25, 0.3) is 0 Å². The van der Waals surface area contributed by atoms with Crippen LogP contribution in [0.1, 0.15) is 19.4 Å². The molecular weight excluding hydrogens is 160 g/mol. The van der Waals surface area contributed by atoms with Crippen molar-refractivity contribution in [3.05, 3.63) is 29.8 Å². The lowest BCUT2D eigenvalue weighted by Gasteiger charge is -2.03. The SMILES string of the molecule is Cc1cccc(N=C(N)C(C)C)c1. The van der Waals surface area contributed by atoms with Crippen LogP contribution in [0, 0.1) is 12.8 Å². The molecule has 1 aromatic rings. The second-order valence-corrected chi connectivity index (χ2v) is 3.53. The van der Waals surface area contributed by atoms with Crippen LogP contribution in [0.2, 0.25) is 0 Å². The lowest BCUT2D eigenvalue weighted by Crippen LogP contribution is -2.17. The number of nitrogens with zero attached hydrogens (tertiary/aromatic N) is 1. The van der Waals surface area contributed by atoms with Gasteiger partial charge in [-0.25, -0.2) is 4.99 Å². The molecule has 0 radical (unpaired) electrons. The maximum Gasteiger partial charge on any atom is 0.102 e. The van der Waals surface area contributed by atoms with Crippen molar-refractivity contribution in [1.29, 1.82) is 0 Å². The molecule has 70 valence electrons. The summed E-state index contributed by atoms with van der Waals surface area (Å²) in [6.45, 7) is 6.12. The minimum absolute atomic E-state index is 0.306. The molecule has 0 aromatic heterocycles. The summed E-state index contributed by atoms with van der Waals surface area (Å²) >= 11 is 0. The fraction of sp³-hybridized carbons (Fsp3) is 0.364. The van der Waals surface area contributed by atoms with Gasteiger partial charge >= 0.3 is 0 Å². The Morgan fingerprint density at radius 1 is 1.38 bits per heavy atom. The second kappa shape index (κ2) is 4.08. The molecule has 2 N–H and O–H groups in total. The van der Waals surface area contributed by atoms with E-state index in [0.717, 1.165) is 5.69 Å². The van der Waals surface area contributed by atoms with E-state index in [-0.39, 0.29) is 0 Å². The maximum atomic E-state index is 5.75. The van der Waals surface area contributed by atoms with Crippen molar-refractivity contribution in [3.8, 4) is 0 Å². The van der Waals surface area contributed by atoms with Crippen LogP contribution < -0.4 is 5.73 Å². The molecule has 1 aromatic carbocycles. The molecule has 0 saturated carbocycles. The molecule has 2 nitrogen and oxygen atoms in total. The van der Waals surface area contributed by atoms with Gasteiger partial charge in [0.1, 0.15) is 5.84 Å². The Morgan fingerprint density at radius 2 is 2.08 bits per heavy atom. The monoisotopic (exact) mass is 176 g/mol. The first-order valence-electron chi connectivity index (χ1n) is 4.50. The molecular formula is C11H16N2. The molecule has 0 heterocycles. The summed E-state index contributed by atoms with van der Waals surface area (Å²) in [5, 5.41) is 0.